The molecule has 0 aliphatic carbocycles. The van der Waals surface area contributed by atoms with Gasteiger partial charge in [0.1, 0.15) is 11.6 Å². The molecular formula is C17H11F3O2S. The molecule has 0 N–H and O–H groups in total. The van der Waals surface area contributed by atoms with E-state index in [4.69, 9.17) is 0 Å². The summed E-state index contributed by atoms with van der Waals surface area (Å²) in [6.07, 6.45) is 1.68. The second-order valence-corrected chi connectivity index (χ2v) is 5.89. The number of hydrogen-bond donors (Lipinski definition) is 0. The molecule has 0 atom stereocenters. The highest BCUT2D eigenvalue weighted by Gasteiger charge is 2.22. The Morgan fingerprint density at radius 3 is 2.57 bits per heavy atom. The SMILES string of the molecule is O=C1/C(=C/c2ccc(OC(F)F)cc2)CSc2ccc(F)cc21. The van der Waals surface area contributed by atoms with Gasteiger partial charge in [0.2, 0.25) is 0 Å². The fraction of sp³-hybridized carbons (Fsp3) is 0.118. The van der Waals surface area contributed by atoms with Crippen molar-refractivity contribution in [1.82, 2.24) is 0 Å². The van der Waals surface area contributed by atoms with E-state index < -0.39 is 12.4 Å². The van der Waals surface area contributed by atoms with Crippen molar-refractivity contribution in [2.24, 2.45) is 0 Å². The molecule has 2 aromatic carbocycles. The van der Waals surface area contributed by atoms with Crippen LogP contribution in [0.2, 0.25) is 0 Å². The summed E-state index contributed by atoms with van der Waals surface area (Å²) in [5.41, 5.74) is 1.58. The minimum Gasteiger partial charge on any atom is -0.435 e. The predicted molar refractivity (Wildman–Crippen MR) is 82.5 cm³/mol. The number of ether oxygens (including phenoxy) is 1. The van der Waals surface area contributed by atoms with Crippen LogP contribution in [0.3, 0.4) is 0 Å². The van der Waals surface area contributed by atoms with Gasteiger partial charge in [-0.15, -0.1) is 11.8 Å². The van der Waals surface area contributed by atoms with Crippen LogP contribution in [0.1, 0.15) is 15.9 Å². The van der Waals surface area contributed by atoms with Crippen LogP contribution in [0.4, 0.5) is 13.2 Å². The summed E-state index contributed by atoms with van der Waals surface area (Å²) >= 11 is 1.46. The lowest BCUT2D eigenvalue weighted by atomic mass is 10.0. The second kappa shape index (κ2) is 6.50. The molecule has 0 bridgehead atoms. The van der Waals surface area contributed by atoms with Crippen LogP contribution < -0.4 is 4.74 Å². The van der Waals surface area contributed by atoms with E-state index in [1.54, 1.807) is 24.3 Å². The summed E-state index contributed by atoms with van der Waals surface area (Å²) in [6, 6.07) is 10.2. The molecule has 0 unspecified atom stereocenters. The van der Waals surface area contributed by atoms with Crippen LogP contribution in [0.15, 0.2) is 52.9 Å². The predicted octanol–water partition coefficient (Wildman–Crippen LogP) is 4.80. The lowest BCUT2D eigenvalue weighted by Crippen LogP contribution is -2.12. The quantitative estimate of drug-likeness (QED) is 0.753. The summed E-state index contributed by atoms with van der Waals surface area (Å²) in [4.78, 5) is 13.2. The number of fused-ring (bicyclic) bond motifs is 1. The Morgan fingerprint density at radius 1 is 1.13 bits per heavy atom. The van der Waals surface area contributed by atoms with Gasteiger partial charge in [0.15, 0.2) is 5.78 Å². The molecule has 0 spiro atoms. The van der Waals surface area contributed by atoms with Gasteiger partial charge in [-0.25, -0.2) is 4.39 Å². The number of rotatable bonds is 3. The van der Waals surface area contributed by atoms with E-state index in [2.05, 4.69) is 4.74 Å². The van der Waals surface area contributed by atoms with Crippen molar-refractivity contribution in [2.75, 3.05) is 5.75 Å². The molecule has 23 heavy (non-hydrogen) atoms. The first-order chi connectivity index (χ1) is 11.0. The lowest BCUT2D eigenvalue weighted by Gasteiger charge is -2.17. The highest BCUT2D eigenvalue weighted by atomic mass is 32.2. The van der Waals surface area contributed by atoms with Gasteiger partial charge in [0.25, 0.3) is 0 Å². The normalized spacial score (nSPS) is 15.8. The van der Waals surface area contributed by atoms with Crippen LogP contribution in [0.5, 0.6) is 5.75 Å². The highest BCUT2D eigenvalue weighted by molar-refractivity contribution is 7.99. The molecule has 0 saturated carbocycles. The van der Waals surface area contributed by atoms with Crippen molar-refractivity contribution in [2.45, 2.75) is 11.5 Å². The molecule has 118 valence electrons. The van der Waals surface area contributed by atoms with Gasteiger partial charge in [-0.1, -0.05) is 12.1 Å². The third-order valence-electron chi connectivity index (χ3n) is 3.31. The zero-order chi connectivity index (χ0) is 16.4. The molecule has 0 saturated heterocycles. The summed E-state index contributed by atoms with van der Waals surface area (Å²) in [5.74, 6) is -0.134. The zero-order valence-electron chi connectivity index (χ0n) is 11.8. The number of thioether (sulfide) groups is 1. The average molecular weight is 336 g/mol. The third kappa shape index (κ3) is 3.59. The van der Waals surface area contributed by atoms with Gasteiger partial charge in [0, 0.05) is 21.8 Å². The highest BCUT2D eigenvalue weighted by Crippen LogP contribution is 2.34. The van der Waals surface area contributed by atoms with Crippen LogP contribution in [-0.2, 0) is 0 Å². The molecule has 3 rings (SSSR count). The lowest BCUT2D eigenvalue weighted by molar-refractivity contribution is -0.0498. The molecule has 1 aliphatic rings. The first kappa shape index (κ1) is 15.7. The average Bonchev–Trinajstić information content (AvgIpc) is 2.52. The van der Waals surface area contributed by atoms with Gasteiger partial charge in [-0.05, 0) is 42.0 Å². The van der Waals surface area contributed by atoms with Gasteiger partial charge in [-0.3, -0.25) is 4.79 Å². The number of halogens is 3. The summed E-state index contributed by atoms with van der Waals surface area (Å²) in [7, 11) is 0. The van der Waals surface area contributed by atoms with Crippen molar-refractivity contribution in [3.63, 3.8) is 0 Å². The molecule has 0 fully saturated rings. The Bertz CT molecular complexity index is 770. The van der Waals surface area contributed by atoms with Gasteiger partial charge < -0.3 is 4.74 Å². The smallest absolute Gasteiger partial charge is 0.387 e. The number of ketones is 1. The topological polar surface area (TPSA) is 26.3 Å². The number of hydrogen-bond acceptors (Lipinski definition) is 3. The van der Waals surface area contributed by atoms with E-state index in [9.17, 15) is 18.0 Å². The first-order valence-corrected chi connectivity index (χ1v) is 7.74. The number of carbonyl (C=O) groups excluding carboxylic acids is 1. The van der Waals surface area contributed by atoms with Crippen LogP contribution in [0.25, 0.3) is 6.08 Å². The largest absolute Gasteiger partial charge is 0.435 e. The summed E-state index contributed by atoms with van der Waals surface area (Å²) in [6.45, 7) is -2.87. The molecular weight excluding hydrogens is 325 g/mol. The van der Waals surface area contributed by atoms with E-state index in [0.717, 1.165) is 4.90 Å². The van der Waals surface area contributed by atoms with Crippen LogP contribution in [0, 0.1) is 5.82 Å². The molecule has 0 amide bonds. The molecule has 0 aromatic heterocycles. The molecule has 2 aromatic rings. The molecule has 2 nitrogen and oxygen atoms in total. The Labute approximate surface area is 135 Å². The number of alkyl halides is 2. The van der Waals surface area contributed by atoms with E-state index in [0.29, 0.717) is 22.5 Å². The summed E-state index contributed by atoms with van der Waals surface area (Å²) in [5, 5.41) is 0. The van der Waals surface area contributed by atoms with E-state index in [1.165, 1.54) is 36.0 Å². The molecule has 0 radical (unpaired) electrons. The standard InChI is InChI=1S/C17H11F3O2S/c18-12-3-6-15-14(8-12)16(21)11(9-23-15)7-10-1-4-13(5-2-10)22-17(19)20/h1-8,17H,9H2/b11-7+. The van der Waals surface area contributed by atoms with Crippen molar-refractivity contribution in [3.05, 3.63) is 65.0 Å². The summed E-state index contributed by atoms with van der Waals surface area (Å²) < 4.78 is 41.8. The number of carbonyl (C=O) groups is 1. The maximum absolute atomic E-state index is 13.3. The fourth-order valence-corrected chi connectivity index (χ4v) is 3.25. The minimum atomic E-state index is -2.87. The molecule has 1 heterocycles. The first-order valence-electron chi connectivity index (χ1n) is 6.75. The molecule has 1 aliphatic heterocycles. The van der Waals surface area contributed by atoms with Gasteiger partial charge >= 0.3 is 6.61 Å². The molecule has 6 heteroatoms. The second-order valence-electron chi connectivity index (χ2n) is 4.88. The number of benzene rings is 2. The van der Waals surface area contributed by atoms with Crippen molar-refractivity contribution in [1.29, 1.82) is 0 Å². The van der Waals surface area contributed by atoms with E-state index in [1.807, 2.05) is 0 Å². The zero-order valence-corrected chi connectivity index (χ0v) is 12.6. The van der Waals surface area contributed by atoms with Gasteiger partial charge in [0.05, 0.1) is 0 Å². The van der Waals surface area contributed by atoms with Crippen molar-refractivity contribution in [3.8, 4) is 5.75 Å². The maximum atomic E-state index is 13.3. The minimum absolute atomic E-state index is 0.0545. The van der Waals surface area contributed by atoms with E-state index in [-0.39, 0.29) is 11.5 Å². The number of Topliss-reactive ketones (excluding diaryl/α,β-unsaturated/α-hetero) is 1. The monoisotopic (exact) mass is 336 g/mol. The fourth-order valence-electron chi connectivity index (χ4n) is 2.25. The Balaban J connectivity index is 1.84. The van der Waals surface area contributed by atoms with Gasteiger partial charge in [-0.2, -0.15) is 8.78 Å². The van der Waals surface area contributed by atoms with Crippen molar-refractivity contribution >= 4 is 23.6 Å². The Morgan fingerprint density at radius 2 is 1.87 bits per heavy atom. The Hall–Kier alpha value is -2.21. The maximum Gasteiger partial charge on any atom is 0.387 e. The van der Waals surface area contributed by atoms with Crippen molar-refractivity contribution < 1.29 is 22.7 Å². The van der Waals surface area contributed by atoms with Crippen LogP contribution in [-0.4, -0.2) is 18.1 Å². The third-order valence-corrected chi connectivity index (χ3v) is 4.43. The van der Waals surface area contributed by atoms with Crippen LogP contribution >= 0.6 is 11.8 Å². The van der Waals surface area contributed by atoms with E-state index >= 15 is 0 Å². The Kier molecular flexibility index (Phi) is 4.43.